The van der Waals surface area contributed by atoms with E-state index in [2.05, 4.69) is 0 Å². The highest BCUT2D eigenvalue weighted by atomic mass is 19.1. The Bertz CT molecular complexity index is 931. The number of halogens is 1. The highest BCUT2D eigenvalue weighted by Crippen LogP contribution is 2.40. The van der Waals surface area contributed by atoms with Crippen LogP contribution in [0.2, 0.25) is 0 Å². The summed E-state index contributed by atoms with van der Waals surface area (Å²) in [5.41, 5.74) is 2.70. The van der Waals surface area contributed by atoms with Gasteiger partial charge in [0, 0.05) is 17.5 Å². The highest BCUT2D eigenvalue weighted by Gasteiger charge is 2.33. The number of amides is 1. The molecule has 1 aliphatic rings. The van der Waals surface area contributed by atoms with Crippen molar-refractivity contribution in [2.45, 2.75) is 13.0 Å². The van der Waals surface area contributed by atoms with Crippen LogP contribution < -0.4 is 4.90 Å². The lowest BCUT2D eigenvalue weighted by Gasteiger charge is -2.36. The van der Waals surface area contributed by atoms with Crippen molar-refractivity contribution in [2.75, 3.05) is 4.90 Å². The Balaban J connectivity index is 1.88. The number of nitrogens with zero attached hydrogens (tertiary/aromatic N) is 2. The number of rotatable bonds is 1. The van der Waals surface area contributed by atoms with Gasteiger partial charge in [-0.15, -0.1) is 0 Å². The first-order valence-electron chi connectivity index (χ1n) is 7.66. The minimum Gasteiger partial charge on any atom is -0.508 e. The number of fused-ring (bicyclic) bond motifs is 3. The SMILES string of the molecule is CC1c2cccn2-c2ccc(F)cc2N1C(=O)c1ccc(O)cc1. The lowest BCUT2D eigenvalue weighted by molar-refractivity contribution is 0.0976. The molecule has 0 saturated carbocycles. The van der Waals surface area contributed by atoms with Crippen LogP contribution in [0.5, 0.6) is 5.75 Å². The Morgan fingerprint density at radius 2 is 1.83 bits per heavy atom. The number of benzene rings is 2. The van der Waals surface area contributed by atoms with Crippen LogP contribution in [-0.2, 0) is 0 Å². The molecule has 1 aromatic heterocycles. The maximum atomic E-state index is 13.8. The molecule has 2 heterocycles. The second-order valence-electron chi connectivity index (χ2n) is 5.83. The monoisotopic (exact) mass is 322 g/mol. The third-order valence-corrected chi connectivity index (χ3v) is 4.39. The summed E-state index contributed by atoms with van der Waals surface area (Å²) in [6.45, 7) is 1.91. The molecule has 0 bridgehead atoms. The Morgan fingerprint density at radius 3 is 2.58 bits per heavy atom. The van der Waals surface area contributed by atoms with Gasteiger partial charge in [-0.1, -0.05) is 0 Å². The number of aromatic hydroxyl groups is 1. The molecular formula is C19H15FN2O2. The van der Waals surface area contributed by atoms with Gasteiger partial charge in [-0.25, -0.2) is 4.39 Å². The summed E-state index contributed by atoms with van der Waals surface area (Å²) in [5, 5.41) is 9.42. The van der Waals surface area contributed by atoms with E-state index in [0.717, 1.165) is 11.4 Å². The molecule has 5 heteroatoms. The number of phenols is 1. The summed E-state index contributed by atoms with van der Waals surface area (Å²) in [7, 11) is 0. The first-order valence-corrected chi connectivity index (χ1v) is 7.66. The predicted molar refractivity (Wildman–Crippen MR) is 89.1 cm³/mol. The molecule has 1 amide bonds. The van der Waals surface area contributed by atoms with Gasteiger partial charge in [-0.2, -0.15) is 0 Å². The molecule has 4 nitrogen and oxygen atoms in total. The second-order valence-corrected chi connectivity index (χ2v) is 5.83. The van der Waals surface area contributed by atoms with Crippen molar-refractivity contribution in [2.24, 2.45) is 0 Å². The van der Waals surface area contributed by atoms with Crippen molar-refractivity contribution in [1.82, 2.24) is 4.57 Å². The molecule has 120 valence electrons. The molecule has 24 heavy (non-hydrogen) atoms. The Morgan fingerprint density at radius 1 is 1.08 bits per heavy atom. The lowest BCUT2D eigenvalue weighted by Crippen LogP contribution is -2.38. The van der Waals surface area contributed by atoms with Gasteiger partial charge in [0.1, 0.15) is 11.6 Å². The van der Waals surface area contributed by atoms with Gasteiger partial charge in [-0.3, -0.25) is 9.69 Å². The van der Waals surface area contributed by atoms with Crippen molar-refractivity contribution in [1.29, 1.82) is 0 Å². The van der Waals surface area contributed by atoms with Crippen molar-refractivity contribution >= 4 is 11.6 Å². The van der Waals surface area contributed by atoms with Crippen molar-refractivity contribution in [3.05, 3.63) is 77.9 Å². The number of aromatic nitrogens is 1. The maximum Gasteiger partial charge on any atom is 0.258 e. The van der Waals surface area contributed by atoms with Crippen LogP contribution in [0.25, 0.3) is 5.69 Å². The predicted octanol–water partition coefficient (Wildman–Crippen LogP) is 4.04. The van der Waals surface area contributed by atoms with E-state index in [4.69, 9.17) is 0 Å². The van der Waals surface area contributed by atoms with Gasteiger partial charge >= 0.3 is 0 Å². The fourth-order valence-electron chi connectivity index (χ4n) is 3.22. The maximum absolute atomic E-state index is 13.8. The smallest absolute Gasteiger partial charge is 0.258 e. The van der Waals surface area contributed by atoms with E-state index in [-0.39, 0.29) is 23.5 Å². The van der Waals surface area contributed by atoms with Gasteiger partial charge in [0.2, 0.25) is 0 Å². The first kappa shape index (κ1) is 14.5. The summed E-state index contributed by atoms with van der Waals surface area (Å²) >= 11 is 0. The molecule has 0 saturated heterocycles. The van der Waals surface area contributed by atoms with Crippen molar-refractivity contribution < 1.29 is 14.3 Å². The van der Waals surface area contributed by atoms with E-state index in [1.54, 1.807) is 23.1 Å². The third-order valence-electron chi connectivity index (χ3n) is 4.39. The third kappa shape index (κ3) is 2.09. The molecule has 1 aliphatic heterocycles. The van der Waals surface area contributed by atoms with E-state index in [9.17, 15) is 14.3 Å². The van der Waals surface area contributed by atoms with Gasteiger partial charge in [0.15, 0.2) is 0 Å². The molecule has 2 aromatic carbocycles. The molecular weight excluding hydrogens is 307 g/mol. The topological polar surface area (TPSA) is 45.5 Å². The Kier molecular flexibility index (Phi) is 3.16. The van der Waals surface area contributed by atoms with E-state index in [1.165, 1.54) is 24.3 Å². The van der Waals surface area contributed by atoms with Gasteiger partial charge < -0.3 is 9.67 Å². The summed E-state index contributed by atoms with van der Waals surface area (Å²) < 4.78 is 15.8. The first-order chi connectivity index (χ1) is 11.6. The van der Waals surface area contributed by atoms with Gasteiger partial charge in [0.25, 0.3) is 5.91 Å². The Labute approximate surface area is 138 Å². The van der Waals surface area contributed by atoms with Crippen molar-refractivity contribution in [3.8, 4) is 11.4 Å². The van der Waals surface area contributed by atoms with Crippen LogP contribution in [-0.4, -0.2) is 15.6 Å². The molecule has 1 unspecified atom stereocenters. The minimum atomic E-state index is -0.389. The zero-order valence-electron chi connectivity index (χ0n) is 13.0. The number of carbonyl (C=O) groups excluding carboxylic acids is 1. The lowest BCUT2D eigenvalue weighted by atomic mass is 10.0. The fraction of sp³-hybridized carbons (Fsp3) is 0.105. The Hall–Kier alpha value is -3.08. The quantitative estimate of drug-likeness (QED) is 0.735. The van der Waals surface area contributed by atoms with E-state index < -0.39 is 0 Å². The number of carbonyl (C=O) groups is 1. The van der Waals surface area contributed by atoms with Crippen LogP contribution in [0.1, 0.15) is 29.0 Å². The van der Waals surface area contributed by atoms with Crippen LogP contribution in [0.15, 0.2) is 60.8 Å². The van der Waals surface area contributed by atoms with Crippen LogP contribution in [0.4, 0.5) is 10.1 Å². The molecule has 3 aromatic rings. The largest absolute Gasteiger partial charge is 0.508 e. The van der Waals surface area contributed by atoms with Crippen molar-refractivity contribution in [3.63, 3.8) is 0 Å². The average molecular weight is 322 g/mol. The standard InChI is InChI=1S/C19H15FN2O2/c1-12-16-3-2-10-21(16)17-9-6-14(20)11-18(17)22(12)19(24)13-4-7-15(23)8-5-13/h2-12,23H,1H3. The molecule has 0 spiro atoms. The zero-order valence-corrected chi connectivity index (χ0v) is 13.0. The van der Waals surface area contributed by atoms with Crippen LogP contribution in [0, 0.1) is 5.82 Å². The van der Waals surface area contributed by atoms with Crippen LogP contribution >= 0.6 is 0 Å². The molecule has 4 rings (SSSR count). The molecule has 1 N–H and O–H groups in total. The number of hydrogen-bond acceptors (Lipinski definition) is 2. The summed E-state index contributed by atoms with van der Waals surface area (Å²) in [5.74, 6) is -0.527. The summed E-state index contributed by atoms with van der Waals surface area (Å²) in [6.07, 6.45) is 1.91. The van der Waals surface area contributed by atoms with E-state index in [1.807, 2.05) is 29.8 Å². The fourth-order valence-corrected chi connectivity index (χ4v) is 3.22. The molecule has 0 aliphatic carbocycles. The minimum absolute atomic E-state index is 0.0959. The normalized spacial score (nSPS) is 15.8. The molecule has 1 atom stereocenters. The number of phenolic OH excluding ortho intramolecular Hbond substituents is 1. The molecule has 0 radical (unpaired) electrons. The highest BCUT2D eigenvalue weighted by molar-refractivity contribution is 6.08. The van der Waals surface area contributed by atoms with Gasteiger partial charge in [0.05, 0.1) is 17.4 Å². The number of hydrogen-bond donors (Lipinski definition) is 1. The average Bonchev–Trinajstić information content (AvgIpc) is 3.05. The zero-order chi connectivity index (χ0) is 16.8. The van der Waals surface area contributed by atoms with Crippen LogP contribution in [0.3, 0.4) is 0 Å². The number of anilines is 1. The van der Waals surface area contributed by atoms with E-state index >= 15 is 0 Å². The summed E-state index contributed by atoms with van der Waals surface area (Å²) in [6, 6.07) is 14.1. The van der Waals surface area contributed by atoms with E-state index in [0.29, 0.717) is 11.3 Å². The summed E-state index contributed by atoms with van der Waals surface area (Å²) in [4.78, 5) is 14.6. The molecule has 0 fully saturated rings. The second kappa shape index (κ2) is 5.23. The van der Waals surface area contributed by atoms with Gasteiger partial charge in [-0.05, 0) is 61.5 Å².